The Morgan fingerprint density at radius 1 is 1.08 bits per heavy atom. The van der Waals surface area contributed by atoms with Crippen LogP contribution in [-0.2, 0) is 16.6 Å². The smallest absolute Gasteiger partial charge is 0.264 e. The first-order valence-corrected chi connectivity index (χ1v) is 9.26. The molecule has 0 radical (unpaired) electrons. The number of ether oxygens (including phenoxy) is 1. The highest BCUT2D eigenvalue weighted by molar-refractivity contribution is 7.92. The van der Waals surface area contributed by atoms with Crippen LogP contribution in [0.25, 0.3) is 0 Å². The third-order valence-corrected chi connectivity index (χ3v) is 5.58. The lowest BCUT2D eigenvalue weighted by Gasteiger charge is -2.25. The van der Waals surface area contributed by atoms with Crippen molar-refractivity contribution in [2.24, 2.45) is 0 Å². The average Bonchev–Trinajstić information content (AvgIpc) is 2.67. The van der Waals surface area contributed by atoms with Gasteiger partial charge < -0.3 is 4.74 Å². The predicted octanol–water partition coefficient (Wildman–Crippen LogP) is 3.62. The molecule has 0 unspecified atom stereocenters. The zero-order chi connectivity index (χ0) is 18.6. The third-order valence-electron chi connectivity index (χ3n) is 3.79. The maximum Gasteiger partial charge on any atom is 0.264 e. The lowest BCUT2D eigenvalue weighted by atomic mass is 10.2. The molecule has 0 aliphatic rings. The second kappa shape index (κ2) is 7.53. The second-order valence-corrected chi connectivity index (χ2v) is 7.39. The molecule has 0 aliphatic carbocycles. The van der Waals surface area contributed by atoms with E-state index in [0.717, 1.165) is 17.7 Å². The molecule has 3 aromatic rings. The SMILES string of the molecule is COc1cccc(N(Cc2cccnc2)S(=O)(=O)c2ccc(F)cc2)c1. The fraction of sp³-hybridized carbons (Fsp3) is 0.105. The van der Waals surface area contributed by atoms with Gasteiger partial charge in [-0.1, -0.05) is 12.1 Å². The second-order valence-electron chi connectivity index (χ2n) is 5.53. The Kier molecular flexibility index (Phi) is 5.18. The summed E-state index contributed by atoms with van der Waals surface area (Å²) in [6, 6.07) is 15.0. The summed E-state index contributed by atoms with van der Waals surface area (Å²) >= 11 is 0. The summed E-state index contributed by atoms with van der Waals surface area (Å²) in [7, 11) is -2.40. The van der Waals surface area contributed by atoms with Crippen LogP contribution in [0.4, 0.5) is 10.1 Å². The van der Waals surface area contributed by atoms with Crippen molar-refractivity contribution in [1.29, 1.82) is 0 Å². The number of sulfonamides is 1. The van der Waals surface area contributed by atoms with Crippen molar-refractivity contribution in [3.8, 4) is 5.75 Å². The molecule has 2 aromatic carbocycles. The molecular weight excluding hydrogens is 355 g/mol. The number of nitrogens with zero attached hydrogens (tertiary/aromatic N) is 2. The summed E-state index contributed by atoms with van der Waals surface area (Å²) in [5.74, 6) is 0.0390. The van der Waals surface area contributed by atoms with E-state index in [1.807, 2.05) is 0 Å². The van der Waals surface area contributed by atoms with Crippen LogP contribution in [0.5, 0.6) is 5.75 Å². The molecule has 0 bridgehead atoms. The van der Waals surface area contributed by atoms with Crippen LogP contribution in [0.3, 0.4) is 0 Å². The number of halogens is 1. The predicted molar refractivity (Wildman–Crippen MR) is 97.0 cm³/mol. The largest absolute Gasteiger partial charge is 0.497 e. The van der Waals surface area contributed by atoms with Gasteiger partial charge >= 0.3 is 0 Å². The number of anilines is 1. The van der Waals surface area contributed by atoms with Crippen LogP contribution in [0.2, 0.25) is 0 Å². The molecule has 5 nitrogen and oxygen atoms in total. The fourth-order valence-electron chi connectivity index (χ4n) is 2.47. The standard InChI is InChI=1S/C19H17FN2O3S/c1-25-18-6-2-5-17(12-18)22(14-15-4-3-11-21-13-15)26(23,24)19-9-7-16(20)8-10-19/h2-13H,14H2,1H3. The molecule has 3 rings (SSSR count). The van der Waals surface area contributed by atoms with Gasteiger partial charge in [0.25, 0.3) is 10.0 Å². The molecule has 0 N–H and O–H groups in total. The van der Waals surface area contributed by atoms with E-state index in [1.54, 1.807) is 48.8 Å². The summed E-state index contributed by atoms with van der Waals surface area (Å²) in [6.45, 7) is 0.0840. The minimum absolute atomic E-state index is 0.00519. The first-order chi connectivity index (χ1) is 12.5. The molecule has 1 heterocycles. The van der Waals surface area contributed by atoms with Crippen molar-refractivity contribution in [2.45, 2.75) is 11.4 Å². The number of hydrogen-bond acceptors (Lipinski definition) is 4. The highest BCUT2D eigenvalue weighted by Gasteiger charge is 2.25. The van der Waals surface area contributed by atoms with Gasteiger partial charge in [0.1, 0.15) is 11.6 Å². The van der Waals surface area contributed by atoms with Crippen molar-refractivity contribution in [3.05, 3.63) is 84.4 Å². The topological polar surface area (TPSA) is 59.5 Å². The molecule has 0 fully saturated rings. The minimum atomic E-state index is -3.91. The van der Waals surface area contributed by atoms with Crippen LogP contribution < -0.4 is 9.04 Å². The van der Waals surface area contributed by atoms with E-state index >= 15 is 0 Å². The Hall–Kier alpha value is -2.93. The fourth-order valence-corrected chi connectivity index (χ4v) is 3.92. The Labute approximate surface area is 151 Å². The molecule has 0 saturated carbocycles. The number of pyridine rings is 1. The highest BCUT2D eigenvalue weighted by Crippen LogP contribution is 2.28. The summed E-state index contributed by atoms with van der Waals surface area (Å²) in [5, 5.41) is 0. The summed E-state index contributed by atoms with van der Waals surface area (Å²) in [4.78, 5) is 4.04. The Bertz CT molecular complexity index is 977. The molecule has 26 heavy (non-hydrogen) atoms. The van der Waals surface area contributed by atoms with E-state index < -0.39 is 15.8 Å². The normalized spacial score (nSPS) is 11.2. The van der Waals surface area contributed by atoms with Gasteiger partial charge in [-0.25, -0.2) is 12.8 Å². The zero-order valence-electron chi connectivity index (χ0n) is 14.0. The van der Waals surface area contributed by atoms with Gasteiger partial charge in [-0.15, -0.1) is 0 Å². The quantitative estimate of drug-likeness (QED) is 0.663. The molecule has 1 aromatic heterocycles. The van der Waals surface area contributed by atoms with E-state index in [1.165, 1.54) is 23.5 Å². The molecule has 0 spiro atoms. The van der Waals surface area contributed by atoms with Crippen LogP contribution in [0, 0.1) is 5.82 Å². The van der Waals surface area contributed by atoms with Gasteiger partial charge in [-0.3, -0.25) is 9.29 Å². The minimum Gasteiger partial charge on any atom is -0.497 e. The molecule has 0 saturated heterocycles. The van der Waals surface area contributed by atoms with E-state index in [-0.39, 0.29) is 11.4 Å². The first kappa shape index (κ1) is 17.9. The van der Waals surface area contributed by atoms with Crippen LogP contribution in [0.1, 0.15) is 5.56 Å². The molecule has 7 heteroatoms. The molecule has 134 valence electrons. The first-order valence-electron chi connectivity index (χ1n) is 7.82. The maximum atomic E-state index is 13.2. The molecule has 0 atom stereocenters. The summed E-state index contributed by atoms with van der Waals surface area (Å²) in [6.07, 6.45) is 3.22. The Morgan fingerprint density at radius 3 is 2.50 bits per heavy atom. The van der Waals surface area contributed by atoms with E-state index in [4.69, 9.17) is 4.74 Å². The van der Waals surface area contributed by atoms with Crippen molar-refractivity contribution >= 4 is 15.7 Å². The number of benzene rings is 2. The molecule has 0 aliphatic heterocycles. The van der Waals surface area contributed by atoms with E-state index in [9.17, 15) is 12.8 Å². The Balaban J connectivity index is 2.08. The number of aromatic nitrogens is 1. The molecule has 0 amide bonds. The average molecular weight is 372 g/mol. The van der Waals surface area contributed by atoms with Gasteiger partial charge in [0, 0.05) is 18.5 Å². The lowest BCUT2D eigenvalue weighted by Crippen LogP contribution is -2.30. The van der Waals surface area contributed by atoms with Gasteiger partial charge in [0.15, 0.2) is 0 Å². The summed E-state index contributed by atoms with van der Waals surface area (Å²) in [5.41, 5.74) is 1.17. The lowest BCUT2D eigenvalue weighted by molar-refractivity contribution is 0.415. The van der Waals surface area contributed by atoms with Gasteiger partial charge in [-0.05, 0) is 48.0 Å². The van der Waals surface area contributed by atoms with Crippen LogP contribution in [-0.4, -0.2) is 20.5 Å². The number of rotatable bonds is 6. The van der Waals surface area contributed by atoms with E-state index in [0.29, 0.717) is 11.4 Å². The van der Waals surface area contributed by atoms with Crippen molar-refractivity contribution in [3.63, 3.8) is 0 Å². The summed E-state index contributed by atoms with van der Waals surface area (Å²) < 4.78 is 46.0. The maximum absolute atomic E-state index is 13.2. The third kappa shape index (κ3) is 3.83. The van der Waals surface area contributed by atoms with Crippen LogP contribution >= 0.6 is 0 Å². The monoisotopic (exact) mass is 372 g/mol. The highest BCUT2D eigenvalue weighted by atomic mass is 32.2. The zero-order valence-corrected chi connectivity index (χ0v) is 14.9. The van der Waals surface area contributed by atoms with Crippen LogP contribution in [0.15, 0.2) is 78.0 Å². The van der Waals surface area contributed by atoms with Gasteiger partial charge in [0.05, 0.1) is 24.2 Å². The van der Waals surface area contributed by atoms with Crippen molar-refractivity contribution < 1.29 is 17.5 Å². The molecular formula is C19H17FN2O3S. The number of methoxy groups -OCH3 is 1. The van der Waals surface area contributed by atoms with E-state index in [2.05, 4.69) is 4.98 Å². The van der Waals surface area contributed by atoms with Crippen molar-refractivity contribution in [1.82, 2.24) is 4.98 Å². The van der Waals surface area contributed by atoms with Gasteiger partial charge in [-0.2, -0.15) is 0 Å². The Morgan fingerprint density at radius 2 is 1.85 bits per heavy atom. The van der Waals surface area contributed by atoms with Gasteiger partial charge in [0.2, 0.25) is 0 Å². The number of hydrogen-bond donors (Lipinski definition) is 0. The van der Waals surface area contributed by atoms with Crippen molar-refractivity contribution in [2.75, 3.05) is 11.4 Å².